The minimum Gasteiger partial charge on any atom is -0.452 e. The van der Waals surface area contributed by atoms with Gasteiger partial charge in [0.2, 0.25) is 0 Å². The summed E-state index contributed by atoms with van der Waals surface area (Å²) in [6.07, 6.45) is 2.89. The third-order valence-electron chi connectivity index (χ3n) is 4.25. The van der Waals surface area contributed by atoms with E-state index in [9.17, 15) is 9.59 Å². The fourth-order valence-corrected chi connectivity index (χ4v) is 2.87. The second-order valence-electron chi connectivity index (χ2n) is 6.51. The van der Waals surface area contributed by atoms with Crippen molar-refractivity contribution in [3.8, 4) is 0 Å². The van der Waals surface area contributed by atoms with Crippen LogP contribution >= 0.6 is 0 Å². The zero-order chi connectivity index (χ0) is 19.8. The van der Waals surface area contributed by atoms with E-state index in [4.69, 9.17) is 4.74 Å². The van der Waals surface area contributed by atoms with E-state index in [2.05, 4.69) is 10.3 Å². The monoisotopic (exact) mass is 374 g/mol. The lowest BCUT2D eigenvalue weighted by Crippen LogP contribution is -2.34. The lowest BCUT2D eigenvalue weighted by atomic mass is 10.0. The van der Waals surface area contributed by atoms with Crippen molar-refractivity contribution in [1.82, 2.24) is 10.3 Å². The first kappa shape index (κ1) is 19.3. The number of aromatic nitrogens is 1. The molecule has 0 aliphatic carbocycles. The van der Waals surface area contributed by atoms with Crippen LogP contribution in [-0.4, -0.2) is 22.9 Å². The summed E-state index contributed by atoms with van der Waals surface area (Å²) in [5, 5.41) is 2.83. The fourth-order valence-electron chi connectivity index (χ4n) is 2.87. The van der Waals surface area contributed by atoms with E-state index in [0.29, 0.717) is 5.56 Å². The van der Waals surface area contributed by atoms with Crippen LogP contribution in [0.25, 0.3) is 0 Å². The highest BCUT2D eigenvalue weighted by Crippen LogP contribution is 2.26. The summed E-state index contributed by atoms with van der Waals surface area (Å²) in [5.74, 6) is -0.596. The number of pyridine rings is 1. The highest BCUT2D eigenvalue weighted by Gasteiger charge is 2.21. The number of benzene rings is 2. The Labute approximate surface area is 164 Å². The third kappa shape index (κ3) is 5.27. The molecule has 28 heavy (non-hydrogen) atoms. The lowest BCUT2D eigenvalue weighted by Gasteiger charge is -2.20. The Kier molecular flexibility index (Phi) is 6.52. The molecular formula is C23H22N2O3. The summed E-state index contributed by atoms with van der Waals surface area (Å²) in [4.78, 5) is 28.8. The molecule has 2 unspecified atom stereocenters. The summed E-state index contributed by atoms with van der Waals surface area (Å²) in [7, 11) is 0. The maximum Gasteiger partial charge on any atom is 0.308 e. The van der Waals surface area contributed by atoms with E-state index in [0.717, 1.165) is 11.1 Å². The van der Waals surface area contributed by atoms with Crippen molar-refractivity contribution in [2.75, 3.05) is 0 Å². The van der Waals surface area contributed by atoms with Gasteiger partial charge in [0.05, 0.1) is 6.42 Å². The Balaban J connectivity index is 1.64. The second kappa shape index (κ2) is 9.46. The van der Waals surface area contributed by atoms with Gasteiger partial charge in [-0.05, 0) is 36.8 Å². The summed E-state index contributed by atoms with van der Waals surface area (Å²) in [5.41, 5.74) is 2.28. The molecule has 0 aliphatic heterocycles. The number of amides is 1. The molecule has 0 radical (unpaired) electrons. The molecule has 5 nitrogen and oxygen atoms in total. The van der Waals surface area contributed by atoms with Gasteiger partial charge in [-0.3, -0.25) is 14.6 Å². The number of esters is 1. The number of nitrogens with one attached hydrogen (secondary N) is 1. The van der Waals surface area contributed by atoms with Gasteiger partial charge in [0, 0.05) is 29.6 Å². The Bertz CT molecular complexity index is 859. The van der Waals surface area contributed by atoms with Gasteiger partial charge in [0.1, 0.15) is 0 Å². The second-order valence-corrected chi connectivity index (χ2v) is 6.51. The molecule has 2 aromatic carbocycles. The highest BCUT2D eigenvalue weighted by molar-refractivity contribution is 5.94. The first-order chi connectivity index (χ1) is 13.6. The van der Waals surface area contributed by atoms with Crippen molar-refractivity contribution < 1.29 is 14.3 Å². The molecule has 3 rings (SSSR count). The smallest absolute Gasteiger partial charge is 0.308 e. The van der Waals surface area contributed by atoms with Crippen molar-refractivity contribution in [2.45, 2.75) is 25.5 Å². The summed E-state index contributed by atoms with van der Waals surface area (Å²) in [6, 6.07) is 21.8. The third-order valence-corrected chi connectivity index (χ3v) is 4.25. The van der Waals surface area contributed by atoms with Crippen LogP contribution in [0.1, 0.15) is 40.9 Å². The molecule has 2 atom stereocenters. The lowest BCUT2D eigenvalue weighted by molar-refractivity contribution is -0.148. The Morgan fingerprint density at radius 2 is 1.46 bits per heavy atom. The van der Waals surface area contributed by atoms with Gasteiger partial charge in [0.25, 0.3) is 5.91 Å². The number of carbonyl (C=O) groups is 2. The standard InChI is InChI=1S/C23H22N2O3/c1-17(25-23(27)20-10-6-3-7-11-20)16-21(26)28-22(18-8-4-2-5-9-18)19-12-14-24-15-13-19/h2-15,17,22H,16H2,1H3,(H,25,27). The molecule has 1 heterocycles. The molecule has 1 N–H and O–H groups in total. The van der Waals surface area contributed by atoms with E-state index >= 15 is 0 Å². The van der Waals surface area contributed by atoms with Crippen LogP contribution < -0.4 is 5.32 Å². The Morgan fingerprint density at radius 1 is 0.893 bits per heavy atom. The van der Waals surface area contributed by atoms with Gasteiger partial charge in [0.15, 0.2) is 6.10 Å². The zero-order valence-electron chi connectivity index (χ0n) is 15.6. The van der Waals surface area contributed by atoms with Crippen LogP contribution in [-0.2, 0) is 9.53 Å². The molecule has 5 heteroatoms. The van der Waals surface area contributed by atoms with E-state index < -0.39 is 6.10 Å². The molecular weight excluding hydrogens is 352 g/mol. The molecule has 0 bridgehead atoms. The summed E-state index contributed by atoms with van der Waals surface area (Å²) < 4.78 is 5.76. The average molecular weight is 374 g/mol. The Hall–Kier alpha value is -3.47. The number of nitrogens with zero attached hydrogens (tertiary/aromatic N) is 1. The SMILES string of the molecule is CC(CC(=O)OC(c1ccccc1)c1ccncc1)NC(=O)c1ccccc1. The van der Waals surface area contributed by atoms with Crippen molar-refractivity contribution in [3.63, 3.8) is 0 Å². The van der Waals surface area contributed by atoms with Gasteiger partial charge in [-0.1, -0.05) is 48.5 Å². The predicted molar refractivity (Wildman–Crippen MR) is 107 cm³/mol. The topological polar surface area (TPSA) is 68.3 Å². The zero-order valence-corrected chi connectivity index (χ0v) is 15.6. The summed E-state index contributed by atoms with van der Waals surface area (Å²) >= 11 is 0. The normalized spacial score (nSPS) is 12.6. The molecule has 3 aromatic rings. The van der Waals surface area contributed by atoms with Crippen molar-refractivity contribution in [2.24, 2.45) is 0 Å². The molecule has 0 saturated carbocycles. The van der Waals surface area contributed by atoms with Crippen LogP contribution in [0.4, 0.5) is 0 Å². The minimum atomic E-state index is -0.520. The van der Waals surface area contributed by atoms with Crippen LogP contribution in [0.2, 0.25) is 0 Å². The molecule has 0 saturated heterocycles. The van der Waals surface area contributed by atoms with Crippen LogP contribution in [0.3, 0.4) is 0 Å². The largest absolute Gasteiger partial charge is 0.452 e. The highest BCUT2D eigenvalue weighted by atomic mass is 16.5. The average Bonchev–Trinajstić information content (AvgIpc) is 2.74. The van der Waals surface area contributed by atoms with E-state index in [1.54, 1.807) is 43.6 Å². The van der Waals surface area contributed by atoms with Gasteiger partial charge < -0.3 is 10.1 Å². The van der Waals surface area contributed by atoms with Crippen molar-refractivity contribution >= 4 is 11.9 Å². The molecule has 1 aromatic heterocycles. The maximum absolute atomic E-state index is 12.5. The van der Waals surface area contributed by atoms with E-state index in [1.807, 2.05) is 48.5 Å². The summed E-state index contributed by atoms with van der Waals surface area (Å²) in [6.45, 7) is 1.78. The number of ether oxygens (including phenoxy) is 1. The quantitative estimate of drug-likeness (QED) is 0.637. The molecule has 0 fully saturated rings. The Morgan fingerprint density at radius 3 is 2.11 bits per heavy atom. The van der Waals surface area contributed by atoms with E-state index in [-0.39, 0.29) is 24.3 Å². The minimum absolute atomic E-state index is 0.0764. The number of rotatable bonds is 7. The van der Waals surface area contributed by atoms with Crippen LogP contribution in [0.5, 0.6) is 0 Å². The van der Waals surface area contributed by atoms with E-state index in [1.165, 1.54) is 0 Å². The number of hydrogen-bond acceptors (Lipinski definition) is 4. The van der Waals surface area contributed by atoms with Gasteiger partial charge >= 0.3 is 5.97 Å². The van der Waals surface area contributed by atoms with Crippen molar-refractivity contribution in [3.05, 3.63) is 102 Å². The number of carbonyl (C=O) groups excluding carboxylic acids is 2. The molecule has 0 spiro atoms. The van der Waals surface area contributed by atoms with Gasteiger partial charge in [-0.15, -0.1) is 0 Å². The number of hydrogen-bond donors (Lipinski definition) is 1. The maximum atomic E-state index is 12.5. The molecule has 142 valence electrons. The van der Waals surface area contributed by atoms with Crippen LogP contribution in [0, 0.1) is 0 Å². The first-order valence-corrected chi connectivity index (χ1v) is 9.14. The van der Waals surface area contributed by atoms with Crippen LogP contribution in [0.15, 0.2) is 85.2 Å². The first-order valence-electron chi connectivity index (χ1n) is 9.14. The van der Waals surface area contributed by atoms with Crippen molar-refractivity contribution in [1.29, 1.82) is 0 Å². The fraction of sp³-hybridized carbons (Fsp3) is 0.174. The molecule has 1 amide bonds. The van der Waals surface area contributed by atoms with Gasteiger partial charge in [-0.2, -0.15) is 0 Å². The molecule has 0 aliphatic rings. The van der Waals surface area contributed by atoms with Gasteiger partial charge in [-0.25, -0.2) is 0 Å². The predicted octanol–water partition coefficient (Wildman–Crippen LogP) is 3.92.